The molecule has 0 saturated carbocycles. The number of amides is 1. The van der Waals surface area contributed by atoms with Crippen molar-refractivity contribution in [2.24, 2.45) is 5.92 Å². The van der Waals surface area contributed by atoms with Crippen molar-refractivity contribution in [1.82, 2.24) is 5.32 Å². The van der Waals surface area contributed by atoms with Crippen molar-refractivity contribution in [3.05, 3.63) is 40.4 Å². The molecule has 0 saturated heterocycles. The number of benzene rings is 1. The number of allylic oxidation sites excluding steroid dienone is 1. The predicted molar refractivity (Wildman–Crippen MR) is 97.6 cm³/mol. The maximum absolute atomic E-state index is 12.5. The molecule has 5 nitrogen and oxygen atoms in total. The molecule has 1 aromatic carbocycles. The topological polar surface area (TPSA) is 85.9 Å². The largest absolute Gasteiger partial charge is 0.494 e. The van der Waals surface area contributed by atoms with Gasteiger partial charge in [0.15, 0.2) is 0 Å². The second kappa shape index (κ2) is 9.15. The minimum Gasteiger partial charge on any atom is -0.494 e. The first kappa shape index (κ1) is 18.9. The van der Waals surface area contributed by atoms with Gasteiger partial charge in [-0.3, -0.25) is 4.79 Å². The van der Waals surface area contributed by atoms with Crippen LogP contribution in [-0.4, -0.2) is 18.3 Å². The standard InChI is InChI=1S/C19H21N3O2S/c1-3-5-10-25-19-15(12-21)17(14(11-20)18(23)22-19)13-8-6-7-9-16(13)24-4-2/h6-9,14,17H,3-5,10H2,1-2H3,(H,22,23)/t14-,17+/m0/s1. The van der Waals surface area contributed by atoms with E-state index in [1.165, 1.54) is 11.8 Å². The Morgan fingerprint density at radius 1 is 1.28 bits per heavy atom. The highest BCUT2D eigenvalue weighted by atomic mass is 32.2. The van der Waals surface area contributed by atoms with Crippen LogP contribution in [0.1, 0.15) is 38.2 Å². The number of ether oxygens (including phenoxy) is 1. The molecular formula is C19H21N3O2S. The van der Waals surface area contributed by atoms with Gasteiger partial charge in [-0.1, -0.05) is 31.5 Å². The highest BCUT2D eigenvalue weighted by Crippen LogP contribution is 2.42. The molecule has 130 valence electrons. The Kier molecular flexibility index (Phi) is 6.91. The van der Waals surface area contributed by atoms with Crippen LogP contribution in [0.2, 0.25) is 0 Å². The molecule has 0 aliphatic carbocycles. The predicted octanol–water partition coefficient (Wildman–Crippen LogP) is 3.71. The molecule has 0 aromatic heterocycles. The molecule has 0 radical (unpaired) electrons. The lowest BCUT2D eigenvalue weighted by molar-refractivity contribution is -0.123. The second-order valence-corrected chi connectivity index (χ2v) is 6.71. The lowest BCUT2D eigenvalue weighted by Gasteiger charge is -2.29. The minimum atomic E-state index is -0.952. The lowest BCUT2D eigenvalue weighted by Crippen LogP contribution is -2.39. The Balaban J connectivity index is 2.53. The van der Waals surface area contributed by atoms with Crippen molar-refractivity contribution in [2.75, 3.05) is 12.4 Å². The third-order valence-electron chi connectivity index (χ3n) is 3.97. The molecule has 25 heavy (non-hydrogen) atoms. The van der Waals surface area contributed by atoms with Gasteiger partial charge in [-0.25, -0.2) is 0 Å². The molecule has 2 atom stereocenters. The highest BCUT2D eigenvalue weighted by molar-refractivity contribution is 8.03. The van der Waals surface area contributed by atoms with Gasteiger partial charge < -0.3 is 10.1 Å². The SMILES string of the molecule is CCCCSC1=C(C#N)[C@H](c2ccccc2OCC)[C@H](C#N)C(=O)N1. The Bertz CT molecular complexity index is 746. The Morgan fingerprint density at radius 3 is 2.68 bits per heavy atom. The smallest absolute Gasteiger partial charge is 0.243 e. The van der Waals surface area contributed by atoms with E-state index in [4.69, 9.17) is 4.74 Å². The summed E-state index contributed by atoms with van der Waals surface area (Å²) < 4.78 is 5.66. The number of hydrogen-bond acceptors (Lipinski definition) is 5. The van der Waals surface area contributed by atoms with Gasteiger partial charge in [0, 0.05) is 5.56 Å². The van der Waals surface area contributed by atoms with E-state index >= 15 is 0 Å². The molecule has 0 spiro atoms. The van der Waals surface area contributed by atoms with Crippen LogP contribution in [0.15, 0.2) is 34.9 Å². The van der Waals surface area contributed by atoms with Crippen LogP contribution in [0, 0.1) is 28.6 Å². The summed E-state index contributed by atoms with van der Waals surface area (Å²) >= 11 is 1.46. The van der Waals surface area contributed by atoms with Crippen LogP contribution >= 0.6 is 11.8 Å². The summed E-state index contributed by atoms with van der Waals surface area (Å²) in [5, 5.41) is 22.6. The molecule has 1 aromatic rings. The van der Waals surface area contributed by atoms with Crippen LogP contribution in [-0.2, 0) is 4.79 Å². The minimum absolute atomic E-state index is 0.364. The fraction of sp³-hybridized carbons (Fsp3) is 0.421. The monoisotopic (exact) mass is 355 g/mol. The van der Waals surface area contributed by atoms with E-state index in [1.54, 1.807) is 6.07 Å². The van der Waals surface area contributed by atoms with E-state index in [0.717, 1.165) is 18.6 Å². The fourth-order valence-corrected chi connectivity index (χ4v) is 3.90. The van der Waals surface area contributed by atoms with Crippen molar-refractivity contribution < 1.29 is 9.53 Å². The number of unbranched alkanes of at least 4 members (excludes halogenated alkanes) is 1. The Labute approximate surface area is 152 Å². The van der Waals surface area contributed by atoms with Crippen LogP contribution in [0.25, 0.3) is 0 Å². The van der Waals surface area contributed by atoms with Gasteiger partial charge >= 0.3 is 0 Å². The number of hydrogen-bond donors (Lipinski definition) is 1. The summed E-state index contributed by atoms with van der Waals surface area (Å²) in [6.07, 6.45) is 2.03. The molecule has 0 fully saturated rings. The summed E-state index contributed by atoms with van der Waals surface area (Å²) in [5.74, 6) is -0.510. The van der Waals surface area contributed by atoms with E-state index < -0.39 is 11.8 Å². The molecule has 1 heterocycles. The van der Waals surface area contributed by atoms with Crippen LogP contribution in [0.3, 0.4) is 0 Å². The van der Waals surface area contributed by atoms with Crippen molar-refractivity contribution >= 4 is 17.7 Å². The van der Waals surface area contributed by atoms with Gasteiger partial charge in [-0.05, 0) is 25.2 Å². The zero-order valence-electron chi connectivity index (χ0n) is 14.4. The van der Waals surface area contributed by atoms with E-state index in [-0.39, 0.29) is 5.91 Å². The second-order valence-electron chi connectivity index (χ2n) is 5.60. The van der Waals surface area contributed by atoms with Gasteiger partial charge in [0.1, 0.15) is 11.7 Å². The summed E-state index contributed by atoms with van der Waals surface area (Å²) in [4.78, 5) is 12.5. The number of nitrogens with zero attached hydrogens (tertiary/aromatic N) is 2. The number of carbonyl (C=O) groups excluding carboxylic acids is 1. The number of carbonyl (C=O) groups is 1. The average Bonchev–Trinajstić information content (AvgIpc) is 2.62. The molecule has 1 N–H and O–H groups in total. The van der Waals surface area contributed by atoms with Crippen LogP contribution < -0.4 is 10.1 Å². The Hall–Kier alpha value is -2.44. The van der Waals surface area contributed by atoms with Gasteiger partial charge in [-0.15, -0.1) is 11.8 Å². The molecule has 2 rings (SSSR count). The number of thioether (sulfide) groups is 1. The van der Waals surface area contributed by atoms with Gasteiger partial charge in [0.2, 0.25) is 5.91 Å². The van der Waals surface area contributed by atoms with Crippen molar-refractivity contribution in [3.63, 3.8) is 0 Å². The zero-order chi connectivity index (χ0) is 18.2. The summed E-state index contributed by atoms with van der Waals surface area (Å²) in [5.41, 5.74) is 1.13. The van der Waals surface area contributed by atoms with Gasteiger partial charge in [0.05, 0.1) is 35.3 Å². The number of nitriles is 2. The first-order chi connectivity index (χ1) is 12.2. The highest BCUT2D eigenvalue weighted by Gasteiger charge is 2.40. The van der Waals surface area contributed by atoms with Gasteiger partial charge in [0.25, 0.3) is 0 Å². The van der Waals surface area contributed by atoms with E-state index in [9.17, 15) is 15.3 Å². The quantitative estimate of drug-likeness (QED) is 0.754. The molecule has 1 aliphatic heterocycles. The molecule has 1 amide bonds. The van der Waals surface area contributed by atoms with E-state index in [0.29, 0.717) is 28.5 Å². The summed E-state index contributed by atoms with van der Waals surface area (Å²) in [7, 11) is 0. The average molecular weight is 355 g/mol. The number of nitrogens with one attached hydrogen (secondary N) is 1. The van der Waals surface area contributed by atoms with Crippen LogP contribution in [0.5, 0.6) is 5.75 Å². The molecule has 6 heteroatoms. The normalized spacial score (nSPS) is 19.8. The zero-order valence-corrected chi connectivity index (χ0v) is 15.2. The van der Waals surface area contributed by atoms with E-state index in [1.807, 2.05) is 25.1 Å². The van der Waals surface area contributed by atoms with Crippen molar-refractivity contribution in [1.29, 1.82) is 10.5 Å². The lowest BCUT2D eigenvalue weighted by atomic mass is 9.79. The van der Waals surface area contributed by atoms with E-state index in [2.05, 4.69) is 24.4 Å². The summed E-state index contributed by atoms with van der Waals surface area (Å²) in [6, 6.07) is 11.6. The third-order valence-corrected chi connectivity index (χ3v) is 5.07. The molecular weight excluding hydrogens is 334 g/mol. The molecule has 0 bridgehead atoms. The number of para-hydroxylation sites is 1. The molecule has 0 unspecified atom stereocenters. The van der Waals surface area contributed by atoms with Crippen molar-refractivity contribution in [2.45, 2.75) is 32.6 Å². The first-order valence-corrected chi connectivity index (χ1v) is 9.35. The van der Waals surface area contributed by atoms with Crippen LogP contribution in [0.4, 0.5) is 0 Å². The maximum atomic E-state index is 12.5. The third kappa shape index (κ3) is 4.15. The molecule has 1 aliphatic rings. The number of rotatable bonds is 7. The van der Waals surface area contributed by atoms with Crippen molar-refractivity contribution in [3.8, 4) is 17.9 Å². The Morgan fingerprint density at radius 2 is 2.04 bits per heavy atom. The fourth-order valence-electron chi connectivity index (χ4n) is 2.76. The maximum Gasteiger partial charge on any atom is 0.243 e. The first-order valence-electron chi connectivity index (χ1n) is 8.37. The van der Waals surface area contributed by atoms with Gasteiger partial charge in [-0.2, -0.15) is 10.5 Å². The summed E-state index contributed by atoms with van der Waals surface area (Å²) in [6.45, 7) is 4.43.